The summed E-state index contributed by atoms with van der Waals surface area (Å²) in [6, 6.07) is 9.58. The highest BCUT2D eigenvalue weighted by Crippen LogP contribution is 2.44. The Bertz CT molecular complexity index is 707. The van der Waals surface area contributed by atoms with Gasteiger partial charge in [0.15, 0.2) is 0 Å². The first-order chi connectivity index (χ1) is 9.91. The van der Waals surface area contributed by atoms with E-state index in [9.17, 15) is 0 Å². The Balaban J connectivity index is 2.13. The molecule has 1 aliphatic carbocycles. The Hall–Kier alpha value is -2.28. The molecular formula is C17H20N4. The molecule has 3 rings (SSSR count). The minimum Gasteiger partial charge on any atom is -0.383 e. The van der Waals surface area contributed by atoms with Gasteiger partial charge in [-0.05, 0) is 45.7 Å². The van der Waals surface area contributed by atoms with E-state index in [1.165, 1.54) is 12.8 Å². The van der Waals surface area contributed by atoms with Crippen molar-refractivity contribution in [1.29, 1.82) is 5.26 Å². The fourth-order valence-corrected chi connectivity index (χ4v) is 2.69. The van der Waals surface area contributed by atoms with Gasteiger partial charge in [0.25, 0.3) is 0 Å². The molecular weight excluding hydrogens is 260 g/mol. The van der Waals surface area contributed by atoms with Gasteiger partial charge in [-0.2, -0.15) is 5.26 Å². The Morgan fingerprint density at radius 3 is 2.33 bits per heavy atom. The van der Waals surface area contributed by atoms with Crippen LogP contribution in [-0.4, -0.2) is 9.55 Å². The van der Waals surface area contributed by atoms with Crippen LogP contribution in [0, 0.1) is 11.3 Å². The third-order valence-electron chi connectivity index (χ3n) is 3.84. The normalized spacial score (nSPS) is 15.0. The van der Waals surface area contributed by atoms with E-state index in [-0.39, 0.29) is 5.54 Å². The maximum absolute atomic E-state index is 8.90. The molecule has 1 aromatic carbocycles. The number of nitriles is 1. The van der Waals surface area contributed by atoms with Crippen LogP contribution in [0.3, 0.4) is 0 Å². The Morgan fingerprint density at radius 2 is 1.86 bits per heavy atom. The summed E-state index contributed by atoms with van der Waals surface area (Å²) in [6.07, 6.45) is 2.39. The number of anilines is 1. The van der Waals surface area contributed by atoms with Gasteiger partial charge in [-0.3, -0.25) is 0 Å². The van der Waals surface area contributed by atoms with E-state index in [1.54, 1.807) is 0 Å². The summed E-state index contributed by atoms with van der Waals surface area (Å²) in [5.41, 5.74) is 8.76. The second-order valence-electron chi connectivity index (χ2n) is 6.67. The van der Waals surface area contributed by atoms with Gasteiger partial charge in [0.05, 0.1) is 11.6 Å². The van der Waals surface area contributed by atoms with Crippen molar-refractivity contribution in [3.63, 3.8) is 0 Å². The molecule has 4 heteroatoms. The summed E-state index contributed by atoms with van der Waals surface area (Å²) in [7, 11) is 0. The topological polar surface area (TPSA) is 67.6 Å². The summed E-state index contributed by atoms with van der Waals surface area (Å²) in [4.78, 5) is 4.82. The first-order valence-electron chi connectivity index (χ1n) is 7.31. The van der Waals surface area contributed by atoms with E-state index >= 15 is 0 Å². The van der Waals surface area contributed by atoms with Crippen molar-refractivity contribution >= 4 is 5.82 Å². The van der Waals surface area contributed by atoms with Crippen molar-refractivity contribution in [2.45, 2.75) is 45.1 Å². The molecule has 0 unspecified atom stereocenters. The van der Waals surface area contributed by atoms with E-state index in [4.69, 9.17) is 16.0 Å². The summed E-state index contributed by atoms with van der Waals surface area (Å²) in [6.45, 7) is 6.46. The second kappa shape index (κ2) is 4.63. The number of imidazole rings is 1. The third-order valence-corrected chi connectivity index (χ3v) is 3.84. The van der Waals surface area contributed by atoms with E-state index in [0.29, 0.717) is 17.3 Å². The van der Waals surface area contributed by atoms with Crippen LogP contribution in [-0.2, 0) is 5.54 Å². The number of hydrogen-bond acceptors (Lipinski definition) is 3. The molecule has 0 radical (unpaired) electrons. The van der Waals surface area contributed by atoms with Gasteiger partial charge in [0.2, 0.25) is 0 Å². The fourth-order valence-electron chi connectivity index (χ4n) is 2.69. The number of aromatic nitrogens is 2. The smallest absolute Gasteiger partial charge is 0.132 e. The number of rotatable bonds is 2. The molecule has 0 aliphatic heterocycles. The van der Waals surface area contributed by atoms with Crippen LogP contribution < -0.4 is 5.73 Å². The van der Waals surface area contributed by atoms with Gasteiger partial charge < -0.3 is 10.3 Å². The van der Waals surface area contributed by atoms with Crippen molar-refractivity contribution in [3.8, 4) is 17.3 Å². The molecule has 4 nitrogen and oxygen atoms in total. The zero-order valence-corrected chi connectivity index (χ0v) is 12.7. The SMILES string of the molecule is CC(C)(C)n1c(C2CC2)nc(-c2ccc(C#N)cc2)c1N. The maximum Gasteiger partial charge on any atom is 0.132 e. The fraction of sp³-hybridized carbons (Fsp3) is 0.412. The predicted octanol–water partition coefficient (Wildman–Crippen LogP) is 3.64. The first kappa shape index (κ1) is 13.7. The highest BCUT2D eigenvalue weighted by Gasteiger charge is 2.34. The van der Waals surface area contributed by atoms with Crippen molar-refractivity contribution in [1.82, 2.24) is 9.55 Å². The van der Waals surface area contributed by atoms with E-state index in [0.717, 1.165) is 17.1 Å². The largest absolute Gasteiger partial charge is 0.383 e. The molecule has 108 valence electrons. The van der Waals surface area contributed by atoms with E-state index < -0.39 is 0 Å². The highest BCUT2D eigenvalue weighted by molar-refractivity contribution is 5.72. The zero-order chi connectivity index (χ0) is 15.2. The molecule has 0 spiro atoms. The van der Waals surface area contributed by atoms with Crippen LogP contribution in [0.5, 0.6) is 0 Å². The zero-order valence-electron chi connectivity index (χ0n) is 12.7. The molecule has 1 saturated carbocycles. The lowest BCUT2D eigenvalue weighted by Gasteiger charge is -2.25. The molecule has 2 aromatic rings. The first-order valence-corrected chi connectivity index (χ1v) is 7.31. The van der Waals surface area contributed by atoms with Crippen LogP contribution in [0.2, 0.25) is 0 Å². The van der Waals surface area contributed by atoms with Crippen LogP contribution in [0.1, 0.15) is 50.9 Å². The predicted molar refractivity (Wildman–Crippen MR) is 83.8 cm³/mol. The lowest BCUT2D eigenvalue weighted by Crippen LogP contribution is -2.25. The summed E-state index contributed by atoms with van der Waals surface area (Å²) in [5.74, 6) is 2.35. The minimum atomic E-state index is -0.0835. The molecule has 0 amide bonds. The second-order valence-corrected chi connectivity index (χ2v) is 6.67. The van der Waals surface area contributed by atoms with Crippen molar-refractivity contribution in [2.24, 2.45) is 0 Å². The lowest BCUT2D eigenvalue weighted by molar-refractivity contribution is 0.388. The number of nitrogens with two attached hydrogens (primary N) is 1. The molecule has 0 bridgehead atoms. The highest BCUT2D eigenvalue weighted by atomic mass is 15.2. The Morgan fingerprint density at radius 1 is 1.24 bits per heavy atom. The summed E-state index contributed by atoms with van der Waals surface area (Å²) < 4.78 is 2.16. The number of benzene rings is 1. The quantitative estimate of drug-likeness (QED) is 0.913. The molecule has 0 saturated heterocycles. The summed E-state index contributed by atoms with van der Waals surface area (Å²) in [5, 5.41) is 8.90. The molecule has 1 heterocycles. The van der Waals surface area contributed by atoms with Crippen LogP contribution in [0.25, 0.3) is 11.3 Å². The maximum atomic E-state index is 8.90. The monoisotopic (exact) mass is 280 g/mol. The van der Waals surface area contributed by atoms with Gasteiger partial charge >= 0.3 is 0 Å². The third kappa shape index (κ3) is 2.40. The number of nitrogen functional groups attached to an aromatic ring is 1. The molecule has 2 N–H and O–H groups in total. The number of nitrogens with zero attached hydrogens (tertiary/aromatic N) is 3. The van der Waals surface area contributed by atoms with Gasteiger partial charge in [0, 0.05) is 17.0 Å². The van der Waals surface area contributed by atoms with Crippen molar-refractivity contribution < 1.29 is 0 Å². The van der Waals surface area contributed by atoms with Gasteiger partial charge in [0.1, 0.15) is 17.3 Å². The Kier molecular flexibility index (Phi) is 3.02. The lowest BCUT2D eigenvalue weighted by atomic mass is 10.1. The molecule has 21 heavy (non-hydrogen) atoms. The molecule has 1 fully saturated rings. The average molecular weight is 280 g/mol. The standard InChI is InChI=1S/C17H20N4/c1-17(2,3)21-15(19)14(20-16(21)13-8-9-13)12-6-4-11(10-18)5-7-12/h4-7,13H,8-9,19H2,1-3H3. The van der Waals surface area contributed by atoms with Crippen LogP contribution in [0.15, 0.2) is 24.3 Å². The van der Waals surface area contributed by atoms with E-state index in [2.05, 4.69) is 31.4 Å². The van der Waals surface area contributed by atoms with E-state index in [1.807, 2.05) is 24.3 Å². The average Bonchev–Trinajstić information content (AvgIpc) is 3.21. The van der Waals surface area contributed by atoms with Crippen molar-refractivity contribution in [3.05, 3.63) is 35.7 Å². The van der Waals surface area contributed by atoms with Crippen LogP contribution in [0.4, 0.5) is 5.82 Å². The number of hydrogen-bond donors (Lipinski definition) is 1. The molecule has 1 aliphatic rings. The van der Waals surface area contributed by atoms with Gasteiger partial charge in [-0.25, -0.2) is 4.98 Å². The molecule has 0 atom stereocenters. The van der Waals surface area contributed by atoms with Gasteiger partial charge in [-0.1, -0.05) is 12.1 Å². The summed E-state index contributed by atoms with van der Waals surface area (Å²) >= 11 is 0. The van der Waals surface area contributed by atoms with Crippen molar-refractivity contribution in [2.75, 3.05) is 5.73 Å². The Labute approximate surface area is 125 Å². The minimum absolute atomic E-state index is 0.0835. The van der Waals surface area contributed by atoms with Crippen LogP contribution >= 0.6 is 0 Å². The molecule has 1 aromatic heterocycles. The van der Waals surface area contributed by atoms with Gasteiger partial charge in [-0.15, -0.1) is 0 Å².